The molecule has 0 amide bonds. The van der Waals surface area contributed by atoms with E-state index in [9.17, 15) is 13.2 Å². The van der Waals surface area contributed by atoms with Crippen LogP contribution in [0.1, 0.15) is 5.56 Å². The number of benzene rings is 1. The molecule has 1 aromatic carbocycles. The minimum Gasteiger partial charge on any atom is -0.383 e. The average Bonchev–Trinajstić information content (AvgIpc) is 2.28. The zero-order valence-electron chi connectivity index (χ0n) is 10.1. The molecule has 1 rings (SSSR count). The zero-order valence-corrected chi connectivity index (χ0v) is 10.1. The van der Waals surface area contributed by atoms with E-state index in [1.807, 2.05) is 24.3 Å². The Labute approximate surface area is 104 Å². The van der Waals surface area contributed by atoms with Crippen LogP contribution in [-0.4, -0.2) is 33.0 Å². The van der Waals surface area contributed by atoms with Crippen LogP contribution in [0.25, 0.3) is 0 Å². The second-order valence-electron chi connectivity index (χ2n) is 3.73. The van der Waals surface area contributed by atoms with Crippen molar-refractivity contribution in [3.05, 3.63) is 29.8 Å². The second-order valence-corrected chi connectivity index (χ2v) is 3.73. The molecule has 0 atom stereocenters. The maximum absolute atomic E-state index is 11.8. The lowest BCUT2D eigenvalue weighted by molar-refractivity contribution is -0.172. The number of methoxy groups -OCH3 is 1. The summed E-state index contributed by atoms with van der Waals surface area (Å²) in [5, 5.41) is 2.98. The predicted molar refractivity (Wildman–Crippen MR) is 62.5 cm³/mol. The van der Waals surface area contributed by atoms with Crippen LogP contribution in [0.3, 0.4) is 0 Å². The fraction of sp³-hybridized carbons (Fsp3) is 0.500. The molecular weight excluding hydrogens is 247 g/mol. The Balaban J connectivity index is 2.24. The number of nitrogens with one attached hydrogen (secondary N) is 1. The maximum Gasteiger partial charge on any atom is 0.411 e. The number of rotatable bonds is 7. The molecule has 0 spiro atoms. The van der Waals surface area contributed by atoms with Gasteiger partial charge in [0.05, 0.1) is 13.2 Å². The van der Waals surface area contributed by atoms with Gasteiger partial charge in [-0.25, -0.2) is 0 Å². The Kier molecular flexibility index (Phi) is 5.94. The highest BCUT2D eigenvalue weighted by Crippen LogP contribution is 2.14. The largest absolute Gasteiger partial charge is 0.411 e. The molecule has 102 valence electrons. The summed E-state index contributed by atoms with van der Waals surface area (Å²) < 4.78 is 44.8. The van der Waals surface area contributed by atoms with E-state index in [0.29, 0.717) is 13.2 Å². The zero-order chi connectivity index (χ0) is 13.4. The van der Waals surface area contributed by atoms with E-state index in [-0.39, 0.29) is 6.61 Å². The molecule has 18 heavy (non-hydrogen) atoms. The molecule has 6 heteroatoms. The predicted octanol–water partition coefficient (Wildman–Crippen LogP) is 2.82. The summed E-state index contributed by atoms with van der Waals surface area (Å²) in [4.78, 5) is 0. The lowest BCUT2D eigenvalue weighted by Gasteiger charge is -2.10. The monoisotopic (exact) mass is 263 g/mol. The smallest absolute Gasteiger partial charge is 0.383 e. The summed E-state index contributed by atoms with van der Waals surface area (Å²) >= 11 is 0. The molecule has 0 saturated carbocycles. The molecule has 0 heterocycles. The Morgan fingerprint density at radius 3 is 2.72 bits per heavy atom. The second kappa shape index (κ2) is 7.23. The normalized spacial score (nSPS) is 11.6. The summed E-state index contributed by atoms with van der Waals surface area (Å²) in [6, 6.07) is 7.48. The van der Waals surface area contributed by atoms with E-state index in [2.05, 4.69) is 10.1 Å². The van der Waals surface area contributed by atoms with Gasteiger partial charge in [-0.15, -0.1) is 0 Å². The summed E-state index contributed by atoms with van der Waals surface area (Å²) in [5.74, 6) is 0. The highest BCUT2D eigenvalue weighted by Gasteiger charge is 2.27. The van der Waals surface area contributed by atoms with Crippen LogP contribution in [0.2, 0.25) is 0 Å². The van der Waals surface area contributed by atoms with Crippen molar-refractivity contribution in [1.82, 2.24) is 0 Å². The Morgan fingerprint density at radius 1 is 1.28 bits per heavy atom. The Morgan fingerprint density at radius 2 is 2.06 bits per heavy atom. The summed E-state index contributed by atoms with van der Waals surface area (Å²) in [7, 11) is 1.60. The standard InChI is InChI=1S/C12H16F3NO2/c1-17-8-10-3-2-4-11(7-10)16-5-6-18-9-12(13,14)15/h2-4,7,16H,5-6,8-9H2,1H3. The van der Waals surface area contributed by atoms with Crippen molar-refractivity contribution in [1.29, 1.82) is 0 Å². The van der Waals surface area contributed by atoms with Gasteiger partial charge in [-0.05, 0) is 17.7 Å². The number of alkyl halides is 3. The molecule has 0 fully saturated rings. The molecule has 3 nitrogen and oxygen atoms in total. The fourth-order valence-corrected chi connectivity index (χ4v) is 1.39. The SMILES string of the molecule is COCc1cccc(NCCOCC(F)(F)F)c1. The summed E-state index contributed by atoms with van der Waals surface area (Å²) in [6.45, 7) is -0.376. The van der Waals surface area contributed by atoms with Crippen molar-refractivity contribution >= 4 is 5.69 Å². The Bertz CT molecular complexity index is 355. The first-order valence-electron chi connectivity index (χ1n) is 5.47. The number of hydrogen-bond acceptors (Lipinski definition) is 3. The third kappa shape index (κ3) is 6.46. The van der Waals surface area contributed by atoms with Gasteiger partial charge in [-0.2, -0.15) is 13.2 Å². The van der Waals surface area contributed by atoms with Crippen LogP contribution in [0, 0.1) is 0 Å². The van der Waals surface area contributed by atoms with Crippen LogP contribution < -0.4 is 5.32 Å². The van der Waals surface area contributed by atoms with Gasteiger partial charge in [0.1, 0.15) is 6.61 Å². The first-order valence-corrected chi connectivity index (χ1v) is 5.47. The third-order valence-electron chi connectivity index (χ3n) is 2.08. The van der Waals surface area contributed by atoms with Crippen LogP contribution in [-0.2, 0) is 16.1 Å². The number of hydrogen-bond donors (Lipinski definition) is 1. The molecule has 0 aromatic heterocycles. The van der Waals surface area contributed by atoms with E-state index >= 15 is 0 Å². The van der Waals surface area contributed by atoms with Crippen molar-refractivity contribution in [3.8, 4) is 0 Å². The average molecular weight is 263 g/mol. The Hall–Kier alpha value is -1.27. The molecule has 0 aliphatic heterocycles. The van der Waals surface area contributed by atoms with E-state index in [1.54, 1.807) is 7.11 Å². The van der Waals surface area contributed by atoms with Crippen LogP contribution in [0.5, 0.6) is 0 Å². The first kappa shape index (κ1) is 14.8. The van der Waals surface area contributed by atoms with Gasteiger partial charge < -0.3 is 14.8 Å². The van der Waals surface area contributed by atoms with E-state index in [0.717, 1.165) is 11.3 Å². The van der Waals surface area contributed by atoms with Crippen LogP contribution >= 0.6 is 0 Å². The van der Waals surface area contributed by atoms with Crippen molar-refractivity contribution in [3.63, 3.8) is 0 Å². The summed E-state index contributed by atoms with van der Waals surface area (Å²) in [6.07, 6.45) is -4.27. The summed E-state index contributed by atoms with van der Waals surface area (Å²) in [5.41, 5.74) is 1.83. The molecule has 0 unspecified atom stereocenters. The topological polar surface area (TPSA) is 30.5 Å². The van der Waals surface area contributed by atoms with Gasteiger partial charge in [-0.3, -0.25) is 0 Å². The van der Waals surface area contributed by atoms with Crippen LogP contribution in [0.15, 0.2) is 24.3 Å². The molecule has 0 radical (unpaired) electrons. The van der Waals surface area contributed by atoms with E-state index in [4.69, 9.17) is 4.74 Å². The highest BCUT2D eigenvalue weighted by atomic mass is 19.4. The molecule has 0 aliphatic rings. The first-order chi connectivity index (χ1) is 8.51. The van der Waals surface area contributed by atoms with E-state index < -0.39 is 12.8 Å². The van der Waals surface area contributed by atoms with Gasteiger partial charge in [0.2, 0.25) is 0 Å². The van der Waals surface area contributed by atoms with Crippen molar-refractivity contribution in [2.75, 3.05) is 32.2 Å². The van der Waals surface area contributed by atoms with Crippen molar-refractivity contribution in [2.45, 2.75) is 12.8 Å². The van der Waals surface area contributed by atoms with Crippen LogP contribution in [0.4, 0.5) is 18.9 Å². The van der Waals surface area contributed by atoms with Crippen molar-refractivity contribution in [2.24, 2.45) is 0 Å². The molecule has 0 saturated heterocycles. The molecular formula is C12H16F3NO2. The van der Waals surface area contributed by atoms with Gasteiger partial charge in [-0.1, -0.05) is 12.1 Å². The number of anilines is 1. The maximum atomic E-state index is 11.8. The van der Waals surface area contributed by atoms with Gasteiger partial charge >= 0.3 is 6.18 Å². The van der Waals surface area contributed by atoms with E-state index in [1.165, 1.54) is 0 Å². The minimum absolute atomic E-state index is 0.00795. The van der Waals surface area contributed by atoms with Gasteiger partial charge in [0, 0.05) is 19.3 Å². The lowest BCUT2D eigenvalue weighted by atomic mass is 10.2. The molecule has 1 aromatic rings. The van der Waals surface area contributed by atoms with Gasteiger partial charge in [0.15, 0.2) is 0 Å². The quantitative estimate of drug-likeness (QED) is 0.767. The van der Waals surface area contributed by atoms with Crippen molar-refractivity contribution < 1.29 is 22.6 Å². The third-order valence-corrected chi connectivity index (χ3v) is 2.08. The highest BCUT2D eigenvalue weighted by molar-refractivity contribution is 5.45. The molecule has 0 aliphatic carbocycles. The number of halogens is 3. The lowest BCUT2D eigenvalue weighted by Crippen LogP contribution is -2.20. The van der Waals surface area contributed by atoms with Gasteiger partial charge in [0.25, 0.3) is 0 Å². The number of ether oxygens (including phenoxy) is 2. The minimum atomic E-state index is -4.27. The molecule has 1 N–H and O–H groups in total. The fourth-order valence-electron chi connectivity index (χ4n) is 1.39. The molecule has 0 bridgehead atoms.